The van der Waals surface area contributed by atoms with E-state index < -0.39 is 13.7 Å². The average molecular weight is 321 g/mol. The van der Waals surface area contributed by atoms with Crippen LogP contribution in [0.1, 0.15) is 11.1 Å². The molecule has 0 aliphatic carbocycles. The molecule has 0 aliphatic heterocycles. The van der Waals surface area contributed by atoms with E-state index in [0.717, 1.165) is 11.1 Å². The van der Waals surface area contributed by atoms with Crippen molar-refractivity contribution in [2.45, 2.75) is 0 Å². The van der Waals surface area contributed by atoms with E-state index in [9.17, 15) is 4.79 Å². The van der Waals surface area contributed by atoms with Crippen LogP contribution in [0.2, 0.25) is 0 Å². The van der Waals surface area contributed by atoms with Crippen LogP contribution in [0.15, 0.2) is 60.7 Å². The predicted octanol–water partition coefficient (Wildman–Crippen LogP) is 1.78. The Morgan fingerprint density at radius 3 is 1.73 bits per heavy atom. The van der Waals surface area contributed by atoms with Gasteiger partial charge < -0.3 is 20.4 Å². The Bertz CT molecular complexity index is 671. The number of carbonyl (C=O) groups is 1. The first kappa shape index (κ1) is 17.8. The predicted molar refractivity (Wildman–Crippen MR) is 84.2 cm³/mol. The van der Waals surface area contributed by atoms with Gasteiger partial charge in [0.1, 0.15) is 0 Å². The van der Waals surface area contributed by atoms with Crippen molar-refractivity contribution in [1.29, 1.82) is 0 Å². The van der Waals surface area contributed by atoms with Gasteiger partial charge in [0.2, 0.25) is 5.91 Å². The molecule has 0 unspecified atom stereocenters. The largest absolute Gasteiger partial charge is 0.466 e. The highest BCUT2D eigenvalue weighted by Gasteiger charge is 2.07. The zero-order valence-corrected chi connectivity index (χ0v) is 12.4. The van der Waals surface area contributed by atoms with E-state index in [2.05, 4.69) is 0 Å². The van der Waals surface area contributed by atoms with Gasteiger partial charge in [0.05, 0.1) is 0 Å². The lowest BCUT2D eigenvalue weighted by Crippen LogP contribution is -2.12. The molecule has 0 saturated carbocycles. The molecule has 0 fully saturated rings. The van der Waals surface area contributed by atoms with E-state index in [1.54, 1.807) is 6.08 Å². The van der Waals surface area contributed by atoms with Gasteiger partial charge in [-0.05, 0) is 17.2 Å². The second-order valence-corrected chi connectivity index (χ2v) is 5.24. The summed E-state index contributed by atoms with van der Waals surface area (Å²) in [4.78, 5) is 33.0. The molecule has 22 heavy (non-hydrogen) atoms. The topological polar surface area (TPSA) is 121 Å². The summed E-state index contributed by atoms with van der Waals surface area (Å²) in [7, 11) is -4.64. The maximum absolute atomic E-state index is 11.5. The van der Waals surface area contributed by atoms with Crippen molar-refractivity contribution in [1.82, 2.24) is 0 Å². The molecule has 6 nitrogen and oxygen atoms in total. The molecular formula is C15H16NO5P. The zero-order chi connectivity index (χ0) is 16.6. The van der Waals surface area contributed by atoms with Gasteiger partial charge in [-0.1, -0.05) is 60.7 Å². The Hall–Kier alpha value is -2.24. The lowest BCUT2D eigenvalue weighted by Gasteiger charge is -2.03. The maximum Gasteiger partial charge on any atom is 0.466 e. The summed E-state index contributed by atoms with van der Waals surface area (Å²) in [6.45, 7) is 0. The smallest absolute Gasteiger partial charge is 0.366 e. The number of carbonyl (C=O) groups excluding carboxylic acids is 1. The van der Waals surface area contributed by atoms with Gasteiger partial charge in [-0.25, -0.2) is 4.57 Å². The summed E-state index contributed by atoms with van der Waals surface area (Å²) < 4.78 is 8.88. The van der Waals surface area contributed by atoms with Gasteiger partial charge in [0.25, 0.3) is 0 Å². The first-order valence-electron chi connectivity index (χ1n) is 6.17. The number of hydrogen-bond donors (Lipinski definition) is 4. The Morgan fingerprint density at radius 2 is 1.32 bits per heavy atom. The van der Waals surface area contributed by atoms with Gasteiger partial charge in [0, 0.05) is 5.57 Å². The van der Waals surface area contributed by atoms with Crippen molar-refractivity contribution in [3.05, 3.63) is 71.8 Å². The van der Waals surface area contributed by atoms with Crippen molar-refractivity contribution in [2.24, 2.45) is 5.73 Å². The molecule has 0 aliphatic rings. The van der Waals surface area contributed by atoms with Crippen molar-refractivity contribution in [3.63, 3.8) is 0 Å². The molecule has 2 rings (SSSR count). The standard InChI is InChI=1S/C15H13NO.H3O4P/c16-15(17)14(13-9-5-2-6-10-13)11-12-7-3-1-4-8-12;1-5(2,3)4/h1-11H,(H2,16,17);(H3,1,2,3,4). The molecule has 2 aromatic rings. The van der Waals surface area contributed by atoms with Crippen molar-refractivity contribution >= 4 is 25.4 Å². The number of rotatable bonds is 3. The van der Waals surface area contributed by atoms with Crippen LogP contribution in [0.25, 0.3) is 11.6 Å². The minimum absolute atomic E-state index is 0.417. The molecule has 2 aromatic carbocycles. The van der Waals surface area contributed by atoms with Gasteiger partial charge in [-0.2, -0.15) is 0 Å². The molecule has 0 aromatic heterocycles. The first-order chi connectivity index (χ1) is 10.3. The van der Waals surface area contributed by atoms with E-state index in [-0.39, 0.29) is 0 Å². The molecular weight excluding hydrogens is 305 g/mol. The Labute approximate surface area is 127 Å². The van der Waals surface area contributed by atoms with Gasteiger partial charge in [-0.15, -0.1) is 0 Å². The second-order valence-electron chi connectivity index (χ2n) is 4.21. The normalized spacial score (nSPS) is 11.3. The molecule has 0 radical (unpaired) electrons. The molecule has 7 heteroatoms. The Morgan fingerprint density at radius 1 is 0.909 bits per heavy atom. The number of nitrogens with two attached hydrogens (primary N) is 1. The van der Waals surface area contributed by atoms with E-state index in [4.69, 9.17) is 25.0 Å². The molecule has 0 spiro atoms. The third-order valence-electron chi connectivity index (χ3n) is 2.46. The summed E-state index contributed by atoms with van der Waals surface area (Å²) in [6, 6.07) is 19.1. The lowest BCUT2D eigenvalue weighted by atomic mass is 10.0. The summed E-state index contributed by atoms with van der Waals surface area (Å²) in [6.07, 6.45) is 1.80. The maximum atomic E-state index is 11.5. The molecule has 0 bridgehead atoms. The van der Waals surface area contributed by atoms with Crippen LogP contribution in [-0.2, 0) is 9.36 Å². The van der Waals surface area contributed by atoms with E-state index in [0.29, 0.717) is 5.57 Å². The summed E-state index contributed by atoms with van der Waals surface area (Å²) in [5.74, 6) is -0.417. The second kappa shape index (κ2) is 8.26. The number of hydrogen-bond acceptors (Lipinski definition) is 2. The fourth-order valence-corrected chi connectivity index (χ4v) is 1.63. The highest BCUT2D eigenvalue weighted by Crippen LogP contribution is 2.25. The molecule has 116 valence electrons. The van der Waals surface area contributed by atoms with Crippen molar-refractivity contribution < 1.29 is 24.0 Å². The van der Waals surface area contributed by atoms with Crippen LogP contribution in [0.4, 0.5) is 0 Å². The molecule has 0 saturated heterocycles. The molecule has 0 heterocycles. The quantitative estimate of drug-likeness (QED) is 0.390. The summed E-state index contributed by atoms with van der Waals surface area (Å²) in [5.41, 5.74) is 7.73. The van der Waals surface area contributed by atoms with Gasteiger partial charge in [-0.3, -0.25) is 4.79 Å². The van der Waals surface area contributed by atoms with Crippen molar-refractivity contribution in [3.8, 4) is 0 Å². The number of phosphoric acid groups is 1. The zero-order valence-electron chi connectivity index (χ0n) is 11.5. The van der Waals surface area contributed by atoms with E-state index in [1.807, 2.05) is 60.7 Å². The monoisotopic (exact) mass is 321 g/mol. The van der Waals surface area contributed by atoms with E-state index >= 15 is 0 Å². The van der Waals surface area contributed by atoms with Gasteiger partial charge >= 0.3 is 7.82 Å². The highest BCUT2D eigenvalue weighted by molar-refractivity contribution is 7.45. The van der Waals surface area contributed by atoms with Crippen LogP contribution < -0.4 is 5.73 Å². The number of amides is 1. The summed E-state index contributed by atoms with van der Waals surface area (Å²) in [5, 5.41) is 0. The minimum atomic E-state index is -4.64. The van der Waals surface area contributed by atoms with Crippen LogP contribution in [0.5, 0.6) is 0 Å². The number of primary amides is 1. The van der Waals surface area contributed by atoms with Crippen molar-refractivity contribution in [2.75, 3.05) is 0 Å². The van der Waals surface area contributed by atoms with Crippen LogP contribution in [-0.4, -0.2) is 20.6 Å². The highest BCUT2D eigenvalue weighted by atomic mass is 31.2. The van der Waals surface area contributed by atoms with E-state index in [1.165, 1.54) is 0 Å². The third kappa shape index (κ3) is 7.52. The third-order valence-corrected chi connectivity index (χ3v) is 2.46. The van der Waals surface area contributed by atoms with Crippen LogP contribution >= 0.6 is 7.82 Å². The first-order valence-corrected chi connectivity index (χ1v) is 7.74. The van der Waals surface area contributed by atoms with Crippen LogP contribution in [0.3, 0.4) is 0 Å². The van der Waals surface area contributed by atoms with Crippen LogP contribution in [0, 0.1) is 0 Å². The SMILES string of the molecule is NC(=O)C(=Cc1ccccc1)c1ccccc1.O=P(O)(O)O. The molecule has 1 amide bonds. The Kier molecular flexibility index (Phi) is 6.69. The minimum Gasteiger partial charge on any atom is -0.366 e. The molecule has 0 atom stereocenters. The Balaban J connectivity index is 0.000000422. The fraction of sp³-hybridized carbons (Fsp3) is 0. The summed E-state index contributed by atoms with van der Waals surface area (Å²) >= 11 is 0. The molecule has 5 N–H and O–H groups in total. The number of benzene rings is 2. The van der Waals surface area contributed by atoms with Gasteiger partial charge in [0.15, 0.2) is 0 Å². The lowest BCUT2D eigenvalue weighted by molar-refractivity contribution is -0.112. The average Bonchev–Trinajstić information content (AvgIpc) is 2.45. The fourth-order valence-electron chi connectivity index (χ4n) is 1.63.